The average molecular weight is 290 g/mol. The lowest BCUT2D eigenvalue weighted by Crippen LogP contribution is -2.25. The van der Waals surface area contributed by atoms with E-state index in [-0.39, 0.29) is 11.7 Å². The molecule has 0 bridgehead atoms. The van der Waals surface area contributed by atoms with Crippen molar-refractivity contribution >= 4 is 11.6 Å². The molecule has 4 heteroatoms. The molecule has 1 amide bonds. The lowest BCUT2D eigenvalue weighted by atomic mass is 9.99. The van der Waals surface area contributed by atoms with Gasteiger partial charge in [0.1, 0.15) is 5.82 Å². The first-order valence-corrected chi connectivity index (χ1v) is 7.94. The van der Waals surface area contributed by atoms with Gasteiger partial charge in [0.15, 0.2) is 0 Å². The fraction of sp³-hybridized carbons (Fsp3) is 0.588. The van der Waals surface area contributed by atoms with Gasteiger partial charge in [-0.3, -0.25) is 4.79 Å². The Hall–Kier alpha value is -1.42. The Bertz CT molecular complexity index is 544. The second-order valence-corrected chi connectivity index (χ2v) is 6.53. The third-order valence-corrected chi connectivity index (χ3v) is 4.76. The van der Waals surface area contributed by atoms with E-state index in [2.05, 4.69) is 17.6 Å². The maximum absolute atomic E-state index is 14.4. The van der Waals surface area contributed by atoms with Crippen molar-refractivity contribution in [3.8, 4) is 0 Å². The number of anilines is 1. The molecule has 2 atom stereocenters. The SMILES string of the molecule is CC1CCC(CC(=O)Nc2ccc3c(c2F)CCNC3)C1. The van der Waals surface area contributed by atoms with Gasteiger partial charge >= 0.3 is 0 Å². The number of benzene rings is 1. The van der Waals surface area contributed by atoms with Gasteiger partial charge < -0.3 is 10.6 Å². The van der Waals surface area contributed by atoms with Crippen LogP contribution in [-0.4, -0.2) is 12.5 Å². The minimum absolute atomic E-state index is 0.0538. The predicted octanol–water partition coefficient (Wildman–Crippen LogP) is 3.24. The van der Waals surface area contributed by atoms with Gasteiger partial charge in [-0.1, -0.05) is 19.4 Å². The zero-order valence-corrected chi connectivity index (χ0v) is 12.5. The lowest BCUT2D eigenvalue weighted by molar-refractivity contribution is -0.117. The summed E-state index contributed by atoms with van der Waals surface area (Å²) in [6, 6.07) is 3.61. The minimum Gasteiger partial charge on any atom is -0.324 e. The summed E-state index contributed by atoms with van der Waals surface area (Å²) in [6.07, 6.45) is 4.64. The fourth-order valence-corrected chi connectivity index (χ4v) is 3.60. The second-order valence-electron chi connectivity index (χ2n) is 6.53. The van der Waals surface area contributed by atoms with Crippen LogP contribution in [0.5, 0.6) is 0 Å². The van der Waals surface area contributed by atoms with Crippen molar-refractivity contribution in [2.45, 2.75) is 45.6 Å². The third kappa shape index (κ3) is 3.26. The smallest absolute Gasteiger partial charge is 0.224 e. The van der Waals surface area contributed by atoms with E-state index in [0.717, 1.165) is 36.4 Å². The third-order valence-electron chi connectivity index (χ3n) is 4.76. The van der Waals surface area contributed by atoms with Crippen molar-refractivity contribution in [3.05, 3.63) is 29.1 Å². The monoisotopic (exact) mass is 290 g/mol. The maximum Gasteiger partial charge on any atom is 0.224 e. The molecule has 3 rings (SSSR count). The molecule has 0 radical (unpaired) electrons. The molecule has 1 aliphatic carbocycles. The zero-order chi connectivity index (χ0) is 14.8. The van der Waals surface area contributed by atoms with E-state index in [4.69, 9.17) is 0 Å². The first kappa shape index (κ1) is 14.5. The van der Waals surface area contributed by atoms with Crippen molar-refractivity contribution in [2.24, 2.45) is 11.8 Å². The van der Waals surface area contributed by atoms with Crippen LogP contribution in [0.4, 0.5) is 10.1 Å². The number of hydrogen-bond donors (Lipinski definition) is 2. The van der Waals surface area contributed by atoms with Crippen LogP contribution in [-0.2, 0) is 17.8 Å². The number of hydrogen-bond acceptors (Lipinski definition) is 2. The molecule has 2 N–H and O–H groups in total. The molecule has 21 heavy (non-hydrogen) atoms. The lowest BCUT2D eigenvalue weighted by Gasteiger charge is -2.19. The summed E-state index contributed by atoms with van der Waals surface area (Å²) >= 11 is 0. The van der Waals surface area contributed by atoms with Crippen LogP contribution >= 0.6 is 0 Å². The van der Waals surface area contributed by atoms with E-state index in [1.165, 1.54) is 6.42 Å². The van der Waals surface area contributed by atoms with Crippen molar-refractivity contribution in [1.82, 2.24) is 5.32 Å². The summed E-state index contributed by atoms with van der Waals surface area (Å²) < 4.78 is 14.4. The van der Waals surface area contributed by atoms with Crippen molar-refractivity contribution in [3.63, 3.8) is 0 Å². The van der Waals surface area contributed by atoms with Crippen molar-refractivity contribution in [2.75, 3.05) is 11.9 Å². The molecule has 1 fully saturated rings. The van der Waals surface area contributed by atoms with E-state index in [1.807, 2.05) is 6.07 Å². The molecular formula is C17H23FN2O. The number of halogens is 1. The van der Waals surface area contributed by atoms with Gasteiger partial charge in [-0.05, 0) is 54.8 Å². The molecule has 114 valence electrons. The normalized spacial score (nSPS) is 24.7. The molecule has 1 saturated carbocycles. The predicted molar refractivity (Wildman–Crippen MR) is 81.6 cm³/mol. The van der Waals surface area contributed by atoms with E-state index in [9.17, 15) is 9.18 Å². The van der Waals surface area contributed by atoms with Gasteiger partial charge in [0.25, 0.3) is 0 Å². The van der Waals surface area contributed by atoms with Crippen molar-refractivity contribution < 1.29 is 9.18 Å². The summed E-state index contributed by atoms with van der Waals surface area (Å²) in [5.74, 6) is 0.879. The van der Waals surface area contributed by atoms with Gasteiger partial charge in [0.05, 0.1) is 5.69 Å². The summed E-state index contributed by atoms with van der Waals surface area (Å²) in [7, 11) is 0. The van der Waals surface area contributed by atoms with Gasteiger partial charge in [0.2, 0.25) is 5.91 Å². The minimum atomic E-state index is -0.248. The Kier molecular flexibility index (Phi) is 4.24. The molecule has 0 aromatic heterocycles. The molecule has 2 aliphatic rings. The highest BCUT2D eigenvalue weighted by Crippen LogP contribution is 2.33. The van der Waals surface area contributed by atoms with Gasteiger partial charge in [-0.2, -0.15) is 0 Å². The topological polar surface area (TPSA) is 41.1 Å². The van der Waals surface area contributed by atoms with Crippen molar-refractivity contribution in [1.29, 1.82) is 0 Å². The fourth-order valence-electron chi connectivity index (χ4n) is 3.60. The Morgan fingerprint density at radius 2 is 2.29 bits per heavy atom. The van der Waals surface area contributed by atoms with Crippen LogP contribution in [0, 0.1) is 17.7 Å². The van der Waals surface area contributed by atoms with Crippen LogP contribution in [0.2, 0.25) is 0 Å². The zero-order valence-electron chi connectivity index (χ0n) is 12.5. The molecule has 1 aromatic carbocycles. The number of carbonyl (C=O) groups is 1. The molecule has 1 heterocycles. The highest BCUT2D eigenvalue weighted by Gasteiger charge is 2.24. The average Bonchev–Trinajstić information content (AvgIpc) is 2.87. The van der Waals surface area contributed by atoms with Crippen LogP contribution in [0.1, 0.15) is 43.7 Å². The largest absolute Gasteiger partial charge is 0.324 e. The van der Waals surface area contributed by atoms with Crippen LogP contribution in [0.15, 0.2) is 12.1 Å². The second kappa shape index (κ2) is 6.14. The van der Waals surface area contributed by atoms with E-state index in [0.29, 0.717) is 31.0 Å². The summed E-state index contributed by atoms with van der Waals surface area (Å²) in [5, 5.41) is 5.99. The molecule has 3 nitrogen and oxygen atoms in total. The van der Waals surface area contributed by atoms with Crippen LogP contribution in [0.25, 0.3) is 0 Å². The highest BCUT2D eigenvalue weighted by molar-refractivity contribution is 5.91. The Morgan fingerprint density at radius 3 is 3.05 bits per heavy atom. The standard InChI is InChI=1S/C17H23FN2O/c1-11-2-3-12(8-11)9-16(21)20-15-5-4-13-10-19-7-6-14(13)17(15)18/h4-5,11-12,19H,2-3,6-10H2,1H3,(H,20,21). The van der Waals surface area contributed by atoms with Gasteiger partial charge in [0, 0.05) is 13.0 Å². The van der Waals surface area contributed by atoms with Gasteiger partial charge in [-0.15, -0.1) is 0 Å². The molecular weight excluding hydrogens is 267 g/mol. The first-order chi connectivity index (χ1) is 10.1. The quantitative estimate of drug-likeness (QED) is 0.897. The van der Waals surface area contributed by atoms with E-state index in [1.54, 1.807) is 6.07 Å². The summed E-state index contributed by atoms with van der Waals surface area (Å²) in [6.45, 7) is 3.73. The number of carbonyl (C=O) groups excluding carboxylic acids is 1. The first-order valence-electron chi connectivity index (χ1n) is 7.94. The van der Waals surface area contributed by atoms with E-state index < -0.39 is 0 Å². The molecule has 0 saturated heterocycles. The maximum atomic E-state index is 14.4. The number of rotatable bonds is 3. The number of amides is 1. The number of nitrogens with one attached hydrogen (secondary N) is 2. The Balaban J connectivity index is 1.66. The molecule has 2 unspecified atom stereocenters. The van der Waals surface area contributed by atoms with E-state index >= 15 is 0 Å². The molecule has 1 aliphatic heterocycles. The highest BCUT2D eigenvalue weighted by atomic mass is 19.1. The Morgan fingerprint density at radius 1 is 1.43 bits per heavy atom. The number of fused-ring (bicyclic) bond motifs is 1. The van der Waals surface area contributed by atoms with Crippen LogP contribution in [0.3, 0.4) is 0 Å². The van der Waals surface area contributed by atoms with Crippen LogP contribution < -0.4 is 10.6 Å². The molecule has 1 aromatic rings. The van der Waals surface area contributed by atoms with Gasteiger partial charge in [-0.25, -0.2) is 4.39 Å². The summed E-state index contributed by atoms with van der Waals surface area (Å²) in [5.41, 5.74) is 2.09. The summed E-state index contributed by atoms with van der Waals surface area (Å²) in [4.78, 5) is 12.1. The Labute approximate surface area is 125 Å². The molecule has 0 spiro atoms.